The fourth-order valence-electron chi connectivity index (χ4n) is 3.04. The highest BCUT2D eigenvalue weighted by Gasteiger charge is 2.29. The van der Waals surface area contributed by atoms with E-state index in [2.05, 4.69) is 17.1 Å². The molecule has 1 aliphatic heterocycles. The lowest BCUT2D eigenvalue weighted by Crippen LogP contribution is -2.50. The second-order valence-corrected chi connectivity index (χ2v) is 6.03. The van der Waals surface area contributed by atoms with Gasteiger partial charge in [0.15, 0.2) is 0 Å². The van der Waals surface area contributed by atoms with Crippen LogP contribution in [0.3, 0.4) is 0 Å². The minimum Gasteiger partial charge on any atom is -0.480 e. The Balaban J connectivity index is 1.81. The molecule has 4 heteroatoms. The zero-order chi connectivity index (χ0) is 13.0. The third-order valence-corrected chi connectivity index (χ3v) is 4.06. The summed E-state index contributed by atoms with van der Waals surface area (Å²) in [5.41, 5.74) is 0. The van der Waals surface area contributed by atoms with Gasteiger partial charge in [0.05, 0.1) is 6.54 Å². The molecule has 4 nitrogen and oxygen atoms in total. The summed E-state index contributed by atoms with van der Waals surface area (Å²) in [4.78, 5) is 13.0. The number of rotatable bonds is 7. The molecule has 2 fully saturated rings. The predicted octanol–water partition coefficient (Wildman–Crippen LogP) is 1.56. The van der Waals surface area contributed by atoms with Crippen molar-refractivity contribution in [3.63, 3.8) is 0 Å². The Labute approximate surface area is 110 Å². The Morgan fingerprint density at radius 1 is 1.33 bits per heavy atom. The number of nitrogens with one attached hydrogen (secondary N) is 1. The van der Waals surface area contributed by atoms with Gasteiger partial charge in [0, 0.05) is 19.1 Å². The van der Waals surface area contributed by atoms with Crippen LogP contribution in [-0.4, -0.2) is 48.2 Å². The van der Waals surface area contributed by atoms with Gasteiger partial charge in [0.1, 0.15) is 0 Å². The van der Waals surface area contributed by atoms with Gasteiger partial charge in [-0.3, -0.25) is 9.69 Å². The molecule has 2 rings (SSSR count). The molecule has 0 spiro atoms. The first kappa shape index (κ1) is 13.8. The molecule has 1 saturated heterocycles. The zero-order valence-corrected chi connectivity index (χ0v) is 11.4. The van der Waals surface area contributed by atoms with Crippen molar-refractivity contribution in [2.45, 2.75) is 45.1 Å². The number of carboxylic acids is 1. The van der Waals surface area contributed by atoms with Gasteiger partial charge >= 0.3 is 5.97 Å². The summed E-state index contributed by atoms with van der Waals surface area (Å²) in [6, 6.07) is 0.496. The number of hydrogen-bond acceptors (Lipinski definition) is 3. The van der Waals surface area contributed by atoms with E-state index in [1.54, 1.807) is 0 Å². The van der Waals surface area contributed by atoms with Crippen LogP contribution in [0, 0.1) is 11.8 Å². The molecule has 1 aliphatic carbocycles. The number of carbonyl (C=O) groups is 1. The van der Waals surface area contributed by atoms with E-state index in [4.69, 9.17) is 5.11 Å². The number of hydrogen-bond donors (Lipinski definition) is 2. The SMILES string of the molecule is CCCC1CC(NCC2CC2)CN(CC(=O)O)C1. The van der Waals surface area contributed by atoms with E-state index in [0.717, 1.165) is 25.6 Å². The predicted molar refractivity (Wildman–Crippen MR) is 71.6 cm³/mol. The van der Waals surface area contributed by atoms with Crippen LogP contribution in [0.5, 0.6) is 0 Å². The standard InChI is InChI=1S/C14H26N2O2/c1-2-3-12-6-13(15-7-11-4-5-11)9-16(8-12)10-14(17)18/h11-13,15H,2-10H2,1H3,(H,17,18). The number of likely N-dealkylation sites (tertiary alicyclic amines) is 1. The van der Waals surface area contributed by atoms with Gasteiger partial charge < -0.3 is 10.4 Å². The molecule has 1 saturated carbocycles. The smallest absolute Gasteiger partial charge is 0.317 e. The van der Waals surface area contributed by atoms with Crippen LogP contribution in [-0.2, 0) is 4.79 Å². The van der Waals surface area contributed by atoms with E-state index < -0.39 is 5.97 Å². The van der Waals surface area contributed by atoms with Crippen molar-refractivity contribution in [3.8, 4) is 0 Å². The van der Waals surface area contributed by atoms with Gasteiger partial charge in [-0.2, -0.15) is 0 Å². The summed E-state index contributed by atoms with van der Waals surface area (Å²) in [7, 11) is 0. The van der Waals surface area contributed by atoms with Crippen molar-refractivity contribution in [3.05, 3.63) is 0 Å². The molecule has 0 aromatic carbocycles. The summed E-state index contributed by atoms with van der Waals surface area (Å²) in [6.07, 6.45) is 6.38. The first-order valence-corrected chi connectivity index (χ1v) is 7.35. The van der Waals surface area contributed by atoms with E-state index in [0.29, 0.717) is 12.0 Å². The molecule has 0 amide bonds. The van der Waals surface area contributed by atoms with Crippen LogP contribution in [0.15, 0.2) is 0 Å². The van der Waals surface area contributed by atoms with E-state index >= 15 is 0 Å². The molecule has 0 radical (unpaired) electrons. The van der Waals surface area contributed by atoms with Gasteiger partial charge in [-0.15, -0.1) is 0 Å². The summed E-state index contributed by atoms with van der Waals surface area (Å²) < 4.78 is 0. The van der Waals surface area contributed by atoms with Crippen LogP contribution in [0.4, 0.5) is 0 Å². The maximum absolute atomic E-state index is 10.9. The summed E-state index contributed by atoms with van der Waals surface area (Å²) in [6.45, 7) is 5.40. The van der Waals surface area contributed by atoms with Crippen molar-refractivity contribution < 1.29 is 9.90 Å². The van der Waals surface area contributed by atoms with Crippen molar-refractivity contribution in [1.29, 1.82) is 0 Å². The number of aliphatic carboxylic acids is 1. The van der Waals surface area contributed by atoms with E-state index in [1.807, 2.05) is 0 Å². The molecule has 0 aromatic rings. The van der Waals surface area contributed by atoms with Gasteiger partial charge in [-0.25, -0.2) is 0 Å². The second kappa shape index (κ2) is 6.53. The first-order chi connectivity index (χ1) is 8.67. The van der Waals surface area contributed by atoms with Crippen LogP contribution in [0.2, 0.25) is 0 Å². The van der Waals surface area contributed by atoms with Gasteiger partial charge in [0.2, 0.25) is 0 Å². The number of carboxylic acid groups (broad SMARTS) is 1. The lowest BCUT2D eigenvalue weighted by molar-refractivity contribution is -0.138. The molecule has 104 valence electrons. The summed E-state index contributed by atoms with van der Waals surface area (Å²) >= 11 is 0. The highest BCUT2D eigenvalue weighted by Crippen LogP contribution is 2.28. The minimum atomic E-state index is -0.701. The Kier molecular flexibility index (Phi) is 5.01. The maximum Gasteiger partial charge on any atom is 0.317 e. The molecular formula is C14H26N2O2. The first-order valence-electron chi connectivity index (χ1n) is 7.35. The van der Waals surface area contributed by atoms with Gasteiger partial charge in [-0.05, 0) is 44.1 Å². The lowest BCUT2D eigenvalue weighted by Gasteiger charge is -2.37. The largest absolute Gasteiger partial charge is 0.480 e. The van der Waals surface area contributed by atoms with Crippen molar-refractivity contribution in [2.75, 3.05) is 26.2 Å². The van der Waals surface area contributed by atoms with Gasteiger partial charge in [-0.1, -0.05) is 13.3 Å². The highest BCUT2D eigenvalue weighted by molar-refractivity contribution is 5.69. The third kappa shape index (κ3) is 4.58. The molecule has 0 aromatic heterocycles. The third-order valence-electron chi connectivity index (χ3n) is 4.06. The molecule has 2 N–H and O–H groups in total. The average Bonchev–Trinajstić information content (AvgIpc) is 3.09. The Bertz CT molecular complexity index is 279. The summed E-state index contributed by atoms with van der Waals surface area (Å²) in [5.74, 6) is 0.859. The van der Waals surface area contributed by atoms with Crippen molar-refractivity contribution in [2.24, 2.45) is 11.8 Å². The quantitative estimate of drug-likeness (QED) is 0.724. The van der Waals surface area contributed by atoms with Crippen LogP contribution in [0.1, 0.15) is 39.0 Å². The van der Waals surface area contributed by atoms with Crippen molar-refractivity contribution >= 4 is 5.97 Å². The Hall–Kier alpha value is -0.610. The second-order valence-electron chi connectivity index (χ2n) is 6.03. The monoisotopic (exact) mass is 254 g/mol. The van der Waals surface area contributed by atoms with Crippen molar-refractivity contribution in [1.82, 2.24) is 10.2 Å². The fourth-order valence-corrected chi connectivity index (χ4v) is 3.04. The Morgan fingerprint density at radius 3 is 2.72 bits per heavy atom. The molecule has 18 heavy (non-hydrogen) atoms. The van der Waals surface area contributed by atoms with Crippen LogP contribution >= 0.6 is 0 Å². The molecule has 2 aliphatic rings. The lowest BCUT2D eigenvalue weighted by atomic mass is 9.90. The maximum atomic E-state index is 10.9. The normalized spacial score (nSPS) is 29.4. The Morgan fingerprint density at radius 2 is 2.11 bits per heavy atom. The fraction of sp³-hybridized carbons (Fsp3) is 0.929. The van der Waals surface area contributed by atoms with E-state index in [-0.39, 0.29) is 6.54 Å². The number of nitrogens with zero attached hydrogens (tertiary/aromatic N) is 1. The van der Waals surface area contributed by atoms with Gasteiger partial charge in [0.25, 0.3) is 0 Å². The molecule has 2 atom stereocenters. The topological polar surface area (TPSA) is 52.6 Å². The molecule has 0 bridgehead atoms. The van der Waals surface area contributed by atoms with E-state index in [1.165, 1.54) is 32.1 Å². The minimum absolute atomic E-state index is 0.196. The highest BCUT2D eigenvalue weighted by atomic mass is 16.4. The van der Waals surface area contributed by atoms with Crippen LogP contribution < -0.4 is 5.32 Å². The average molecular weight is 254 g/mol. The summed E-state index contributed by atoms with van der Waals surface area (Å²) in [5, 5.41) is 12.6. The molecule has 2 unspecified atom stereocenters. The molecular weight excluding hydrogens is 228 g/mol. The zero-order valence-electron chi connectivity index (χ0n) is 11.4. The number of piperidine rings is 1. The van der Waals surface area contributed by atoms with Crippen LogP contribution in [0.25, 0.3) is 0 Å². The molecule has 1 heterocycles. The van der Waals surface area contributed by atoms with E-state index in [9.17, 15) is 4.79 Å².